The second kappa shape index (κ2) is 11.4. The van der Waals surface area contributed by atoms with Crippen molar-refractivity contribution in [2.75, 3.05) is 44.6 Å². The molecule has 30 heavy (non-hydrogen) atoms. The van der Waals surface area contributed by atoms with Gasteiger partial charge >= 0.3 is 15.5 Å². The lowest BCUT2D eigenvalue weighted by Crippen LogP contribution is -2.45. The number of piperidine rings is 1. The molecule has 1 fully saturated rings. The Kier molecular flexibility index (Phi) is 9.22. The summed E-state index contributed by atoms with van der Waals surface area (Å²) in [5.41, 5.74) is -4.17. The number of aliphatic imine (C=N–C) groups is 1. The number of para-hydroxylation sites is 1. The Bertz CT molecular complexity index is 764. The fourth-order valence-electron chi connectivity index (χ4n) is 3.12. The van der Waals surface area contributed by atoms with Gasteiger partial charge in [-0.15, -0.1) is 0 Å². The standard InChI is InChI=1S/C19H30F3N5O2S/c1-2-23-18(25-12-6-11-24-17-7-4-3-5-8-17)26-15-16-9-13-27(14-10-16)30(28,29)19(20,21)22/h3-5,7-8,16,24H,2,6,9-15H2,1H3,(H2,23,25,26). The summed E-state index contributed by atoms with van der Waals surface area (Å²) in [4.78, 5) is 4.51. The molecule has 7 nitrogen and oxygen atoms in total. The number of hydrogen-bond donors (Lipinski definition) is 3. The molecule has 1 aromatic carbocycles. The van der Waals surface area contributed by atoms with Gasteiger partial charge in [-0.25, -0.2) is 8.42 Å². The van der Waals surface area contributed by atoms with Gasteiger partial charge in [0.15, 0.2) is 5.96 Å². The summed E-state index contributed by atoms with van der Waals surface area (Å²) in [5.74, 6) is 0.711. The Balaban J connectivity index is 1.73. The summed E-state index contributed by atoms with van der Waals surface area (Å²) < 4.78 is 61.4. The monoisotopic (exact) mass is 449 g/mol. The second-order valence-corrected chi connectivity index (χ2v) is 9.02. The van der Waals surface area contributed by atoms with Crippen molar-refractivity contribution >= 4 is 21.7 Å². The van der Waals surface area contributed by atoms with Crippen LogP contribution in [0.15, 0.2) is 35.3 Å². The summed E-state index contributed by atoms with van der Waals surface area (Å²) in [7, 11) is -5.23. The molecule has 0 spiro atoms. The average Bonchev–Trinajstić information content (AvgIpc) is 2.72. The van der Waals surface area contributed by atoms with Crippen molar-refractivity contribution in [2.45, 2.75) is 31.7 Å². The molecule has 0 bridgehead atoms. The fraction of sp³-hybridized carbons (Fsp3) is 0.632. The van der Waals surface area contributed by atoms with E-state index in [-0.39, 0.29) is 19.0 Å². The Morgan fingerprint density at radius 2 is 1.80 bits per heavy atom. The number of benzene rings is 1. The first-order valence-corrected chi connectivity index (χ1v) is 11.6. The van der Waals surface area contributed by atoms with Crippen molar-refractivity contribution in [1.82, 2.24) is 14.9 Å². The number of alkyl halides is 3. The smallest absolute Gasteiger partial charge is 0.385 e. The van der Waals surface area contributed by atoms with Crippen LogP contribution in [0.3, 0.4) is 0 Å². The molecule has 0 unspecified atom stereocenters. The molecule has 1 aromatic rings. The van der Waals surface area contributed by atoms with Crippen LogP contribution >= 0.6 is 0 Å². The predicted molar refractivity (Wildman–Crippen MR) is 113 cm³/mol. The second-order valence-electron chi connectivity index (χ2n) is 7.09. The molecule has 0 aliphatic carbocycles. The van der Waals surface area contributed by atoms with Crippen LogP contribution in [-0.2, 0) is 10.0 Å². The van der Waals surface area contributed by atoms with Crippen LogP contribution < -0.4 is 16.0 Å². The van der Waals surface area contributed by atoms with E-state index >= 15 is 0 Å². The Hall–Kier alpha value is -2.01. The van der Waals surface area contributed by atoms with Gasteiger partial charge < -0.3 is 16.0 Å². The molecule has 1 aliphatic rings. The molecule has 0 saturated carbocycles. The van der Waals surface area contributed by atoms with Gasteiger partial charge in [-0.3, -0.25) is 4.99 Å². The van der Waals surface area contributed by atoms with Crippen LogP contribution in [0.1, 0.15) is 26.2 Å². The van der Waals surface area contributed by atoms with Crippen molar-refractivity contribution < 1.29 is 21.6 Å². The molecule has 0 radical (unpaired) electrons. The molecule has 1 saturated heterocycles. The first-order chi connectivity index (χ1) is 14.2. The van der Waals surface area contributed by atoms with Gasteiger partial charge in [-0.2, -0.15) is 17.5 Å². The topological polar surface area (TPSA) is 85.8 Å². The van der Waals surface area contributed by atoms with Gasteiger partial charge in [0.1, 0.15) is 0 Å². The summed E-state index contributed by atoms with van der Waals surface area (Å²) in [6.07, 6.45) is 1.60. The van der Waals surface area contributed by atoms with Crippen LogP contribution in [0.25, 0.3) is 0 Å². The maximum atomic E-state index is 12.7. The lowest BCUT2D eigenvalue weighted by atomic mass is 9.98. The number of hydrogen-bond acceptors (Lipinski definition) is 4. The van der Waals surface area contributed by atoms with Gasteiger partial charge in [0.2, 0.25) is 0 Å². The third-order valence-electron chi connectivity index (χ3n) is 4.81. The van der Waals surface area contributed by atoms with Crippen LogP contribution in [-0.4, -0.2) is 63.5 Å². The van der Waals surface area contributed by atoms with Crippen molar-refractivity contribution in [2.24, 2.45) is 10.9 Å². The van der Waals surface area contributed by atoms with Gasteiger partial charge in [0, 0.05) is 45.0 Å². The molecular weight excluding hydrogens is 419 g/mol. The molecular formula is C19H30F3N5O2S. The quantitative estimate of drug-likeness (QED) is 0.307. The Labute approximate surface area is 176 Å². The van der Waals surface area contributed by atoms with E-state index in [1.807, 2.05) is 37.3 Å². The number of rotatable bonds is 9. The average molecular weight is 450 g/mol. The lowest BCUT2D eigenvalue weighted by Gasteiger charge is -2.30. The number of sulfonamides is 1. The molecule has 170 valence electrons. The summed E-state index contributed by atoms with van der Waals surface area (Å²) in [6.45, 7) is 4.35. The van der Waals surface area contributed by atoms with Crippen molar-refractivity contribution in [3.63, 3.8) is 0 Å². The Morgan fingerprint density at radius 1 is 1.13 bits per heavy atom. The molecule has 11 heteroatoms. The minimum Gasteiger partial charge on any atom is -0.385 e. The minimum absolute atomic E-state index is 0.0555. The zero-order valence-electron chi connectivity index (χ0n) is 17.1. The van der Waals surface area contributed by atoms with E-state index in [2.05, 4.69) is 20.9 Å². The van der Waals surface area contributed by atoms with Gasteiger partial charge in [0.05, 0.1) is 0 Å². The van der Waals surface area contributed by atoms with Crippen molar-refractivity contribution in [3.8, 4) is 0 Å². The van der Waals surface area contributed by atoms with E-state index in [0.717, 1.165) is 18.7 Å². The number of nitrogens with one attached hydrogen (secondary N) is 3. The third-order valence-corrected chi connectivity index (χ3v) is 6.44. The maximum Gasteiger partial charge on any atom is 0.511 e. The first kappa shape index (κ1) is 24.3. The molecule has 1 aliphatic heterocycles. The van der Waals surface area contributed by atoms with Crippen LogP contribution in [0, 0.1) is 5.92 Å². The van der Waals surface area contributed by atoms with Gasteiger partial charge in [-0.1, -0.05) is 18.2 Å². The van der Waals surface area contributed by atoms with E-state index < -0.39 is 15.5 Å². The minimum atomic E-state index is -5.24. The summed E-state index contributed by atoms with van der Waals surface area (Å²) in [6, 6.07) is 9.92. The number of anilines is 1. The molecule has 3 N–H and O–H groups in total. The van der Waals surface area contributed by atoms with Crippen molar-refractivity contribution in [3.05, 3.63) is 30.3 Å². The molecule has 2 rings (SSSR count). The van der Waals surface area contributed by atoms with E-state index in [1.165, 1.54) is 0 Å². The van der Waals surface area contributed by atoms with Crippen LogP contribution in [0.2, 0.25) is 0 Å². The fourth-order valence-corrected chi connectivity index (χ4v) is 4.11. The maximum absolute atomic E-state index is 12.7. The number of nitrogens with zero attached hydrogens (tertiary/aromatic N) is 2. The molecule has 0 atom stereocenters. The molecule has 1 heterocycles. The van der Waals surface area contributed by atoms with Gasteiger partial charge in [0.25, 0.3) is 0 Å². The lowest BCUT2D eigenvalue weighted by molar-refractivity contribution is -0.0496. The molecule has 0 amide bonds. The molecule has 0 aromatic heterocycles. The SMILES string of the molecule is CCNC(=NCC1CCN(S(=O)(=O)C(F)(F)F)CC1)NCCCNc1ccccc1. The van der Waals surface area contributed by atoms with Gasteiger partial charge in [-0.05, 0) is 44.2 Å². The van der Waals surface area contributed by atoms with E-state index in [1.54, 1.807) is 0 Å². The zero-order valence-corrected chi connectivity index (χ0v) is 17.9. The number of halogens is 3. The first-order valence-electron chi connectivity index (χ1n) is 10.1. The Morgan fingerprint density at radius 3 is 2.40 bits per heavy atom. The van der Waals surface area contributed by atoms with E-state index in [9.17, 15) is 21.6 Å². The third kappa shape index (κ3) is 7.35. The highest BCUT2D eigenvalue weighted by Gasteiger charge is 2.50. The predicted octanol–water partition coefficient (Wildman–Crippen LogP) is 2.61. The van der Waals surface area contributed by atoms with Crippen molar-refractivity contribution in [1.29, 1.82) is 0 Å². The number of guanidine groups is 1. The summed E-state index contributed by atoms with van der Waals surface area (Å²) >= 11 is 0. The summed E-state index contributed by atoms with van der Waals surface area (Å²) in [5, 5.41) is 9.72. The van der Waals surface area contributed by atoms with Crippen LogP contribution in [0.5, 0.6) is 0 Å². The highest BCUT2D eigenvalue weighted by atomic mass is 32.2. The highest BCUT2D eigenvalue weighted by Crippen LogP contribution is 2.30. The van der Waals surface area contributed by atoms with E-state index in [4.69, 9.17) is 0 Å². The highest BCUT2D eigenvalue weighted by molar-refractivity contribution is 7.90. The zero-order chi connectivity index (χ0) is 22.0. The van der Waals surface area contributed by atoms with Crippen LogP contribution in [0.4, 0.5) is 18.9 Å². The largest absolute Gasteiger partial charge is 0.511 e. The normalized spacial score (nSPS) is 17.0. The van der Waals surface area contributed by atoms with E-state index in [0.29, 0.717) is 42.7 Å².